The molecule has 0 saturated carbocycles. The number of nitrogens with two attached hydrogens (primary N) is 2. The van der Waals surface area contributed by atoms with Gasteiger partial charge in [-0.25, -0.2) is 4.68 Å². The van der Waals surface area contributed by atoms with Crippen LogP contribution in [0.3, 0.4) is 0 Å². The average molecular weight is 354 g/mol. The van der Waals surface area contributed by atoms with Crippen LogP contribution in [0, 0.1) is 13.8 Å². The summed E-state index contributed by atoms with van der Waals surface area (Å²) in [6, 6.07) is 5.18. The SMILES string of the molecule is Cc1ccc(O)c(C)c1-n1nc(-c2cc(C(C)C)co2)c(C(N)=O)c1N. The molecular weight excluding hydrogens is 332 g/mol. The molecule has 0 bridgehead atoms. The maximum atomic E-state index is 12.0. The summed E-state index contributed by atoms with van der Waals surface area (Å²) in [4.78, 5) is 12.0. The number of hydrogen-bond acceptors (Lipinski definition) is 5. The number of phenolic OH excluding ortho intramolecular Hbond substituents is 1. The van der Waals surface area contributed by atoms with Crippen LogP contribution in [-0.4, -0.2) is 20.8 Å². The third kappa shape index (κ3) is 2.71. The summed E-state index contributed by atoms with van der Waals surface area (Å²) in [6.45, 7) is 7.70. The van der Waals surface area contributed by atoms with Gasteiger partial charge in [0.2, 0.25) is 0 Å². The molecule has 0 aliphatic heterocycles. The molecule has 1 aromatic carbocycles. The Morgan fingerprint density at radius 2 is 2.00 bits per heavy atom. The van der Waals surface area contributed by atoms with E-state index in [1.807, 2.05) is 26.8 Å². The number of carbonyl (C=O) groups excluding carboxylic acids is 1. The first kappa shape index (κ1) is 17.6. The fourth-order valence-electron chi connectivity index (χ4n) is 2.95. The molecule has 0 spiro atoms. The van der Waals surface area contributed by atoms with Crippen LogP contribution in [0.2, 0.25) is 0 Å². The van der Waals surface area contributed by atoms with Crippen LogP contribution in [0.5, 0.6) is 5.75 Å². The normalized spacial score (nSPS) is 11.3. The van der Waals surface area contributed by atoms with Gasteiger partial charge in [0.1, 0.15) is 22.8 Å². The van der Waals surface area contributed by atoms with Gasteiger partial charge in [-0.15, -0.1) is 0 Å². The van der Waals surface area contributed by atoms with Crippen LogP contribution in [0.25, 0.3) is 17.1 Å². The molecule has 7 nitrogen and oxygen atoms in total. The van der Waals surface area contributed by atoms with E-state index in [-0.39, 0.29) is 28.7 Å². The highest BCUT2D eigenvalue weighted by Gasteiger charge is 2.26. The number of aromatic nitrogens is 2. The van der Waals surface area contributed by atoms with Crippen LogP contribution in [0.15, 0.2) is 28.9 Å². The minimum Gasteiger partial charge on any atom is -0.508 e. The van der Waals surface area contributed by atoms with Crippen molar-refractivity contribution in [3.05, 3.63) is 46.7 Å². The summed E-state index contributed by atoms with van der Waals surface area (Å²) in [5.74, 6) is 0.208. The summed E-state index contributed by atoms with van der Waals surface area (Å²) < 4.78 is 7.03. The summed E-state index contributed by atoms with van der Waals surface area (Å²) >= 11 is 0. The van der Waals surface area contributed by atoms with Crippen LogP contribution in [0.4, 0.5) is 5.82 Å². The monoisotopic (exact) mass is 354 g/mol. The van der Waals surface area contributed by atoms with E-state index in [2.05, 4.69) is 5.10 Å². The third-order valence-electron chi connectivity index (χ3n) is 4.50. The highest BCUT2D eigenvalue weighted by molar-refractivity contribution is 6.03. The van der Waals surface area contributed by atoms with Gasteiger partial charge in [0, 0.05) is 5.56 Å². The van der Waals surface area contributed by atoms with E-state index in [9.17, 15) is 9.90 Å². The Kier molecular flexibility index (Phi) is 4.23. The standard InChI is InChI=1S/C19H22N4O3/c1-9(2)12-7-14(26-8-12)16-15(19(21)25)18(20)23(22-16)17-10(3)5-6-13(24)11(17)4/h5-9,24H,20H2,1-4H3,(H2,21,25). The number of hydrogen-bond donors (Lipinski definition) is 3. The first-order valence-electron chi connectivity index (χ1n) is 8.29. The van der Waals surface area contributed by atoms with Crippen LogP contribution < -0.4 is 11.5 Å². The molecule has 0 radical (unpaired) electrons. The van der Waals surface area contributed by atoms with Crippen molar-refractivity contribution < 1.29 is 14.3 Å². The number of carbonyl (C=O) groups is 1. The van der Waals surface area contributed by atoms with E-state index in [1.54, 1.807) is 25.3 Å². The number of anilines is 1. The van der Waals surface area contributed by atoms with Crippen molar-refractivity contribution in [1.82, 2.24) is 9.78 Å². The van der Waals surface area contributed by atoms with Gasteiger partial charge in [-0.05, 0) is 43.0 Å². The van der Waals surface area contributed by atoms with Crippen molar-refractivity contribution in [2.24, 2.45) is 5.73 Å². The maximum absolute atomic E-state index is 12.0. The van der Waals surface area contributed by atoms with E-state index in [0.717, 1.165) is 11.1 Å². The third-order valence-corrected chi connectivity index (χ3v) is 4.50. The van der Waals surface area contributed by atoms with Gasteiger partial charge in [-0.2, -0.15) is 5.10 Å². The minimum absolute atomic E-state index is 0.0943. The van der Waals surface area contributed by atoms with Crippen molar-refractivity contribution in [1.29, 1.82) is 0 Å². The fourth-order valence-corrected chi connectivity index (χ4v) is 2.95. The zero-order chi connectivity index (χ0) is 19.2. The number of furan rings is 1. The largest absolute Gasteiger partial charge is 0.508 e. The average Bonchev–Trinajstić information content (AvgIpc) is 3.17. The van der Waals surface area contributed by atoms with E-state index < -0.39 is 5.91 Å². The highest BCUT2D eigenvalue weighted by Crippen LogP contribution is 2.34. The Balaban J connectivity index is 2.27. The molecule has 0 aliphatic rings. The van der Waals surface area contributed by atoms with Crippen LogP contribution in [0.1, 0.15) is 46.8 Å². The lowest BCUT2D eigenvalue weighted by Crippen LogP contribution is -2.14. The molecule has 7 heteroatoms. The number of nitrogen functional groups attached to an aromatic ring is 1. The second kappa shape index (κ2) is 6.25. The molecule has 26 heavy (non-hydrogen) atoms. The first-order chi connectivity index (χ1) is 12.2. The predicted octanol–water partition coefficient (Wildman–Crippen LogP) is 3.26. The molecule has 0 unspecified atom stereocenters. The number of benzene rings is 1. The lowest BCUT2D eigenvalue weighted by atomic mass is 10.1. The predicted molar refractivity (Wildman–Crippen MR) is 99.4 cm³/mol. The lowest BCUT2D eigenvalue weighted by molar-refractivity contribution is 0.100. The van der Waals surface area contributed by atoms with Gasteiger partial charge in [-0.3, -0.25) is 4.79 Å². The quantitative estimate of drug-likeness (QED) is 0.664. The maximum Gasteiger partial charge on any atom is 0.254 e. The molecule has 0 saturated heterocycles. The smallest absolute Gasteiger partial charge is 0.254 e. The molecular formula is C19H22N4O3. The number of phenols is 1. The molecule has 3 rings (SSSR count). The van der Waals surface area contributed by atoms with Gasteiger partial charge in [0.05, 0.1) is 12.0 Å². The Bertz CT molecular complexity index is 999. The van der Waals surface area contributed by atoms with Crippen molar-refractivity contribution in [3.63, 3.8) is 0 Å². The number of amides is 1. The number of rotatable bonds is 4. The molecule has 3 aromatic rings. The van der Waals surface area contributed by atoms with Gasteiger partial charge < -0.3 is 21.0 Å². The second-order valence-corrected chi connectivity index (χ2v) is 6.66. The molecule has 1 amide bonds. The van der Waals surface area contributed by atoms with E-state index in [0.29, 0.717) is 17.0 Å². The van der Waals surface area contributed by atoms with E-state index in [1.165, 1.54) is 4.68 Å². The lowest BCUT2D eigenvalue weighted by Gasteiger charge is -2.12. The van der Waals surface area contributed by atoms with E-state index in [4.69, 9.17) is 15.9 Å². The number of nitrogens with zero attached hydrogens (tertiary/aromatic N) is 2. The summed E-state index contributed by atoms with van der Waals surface area (Å²) in [5.41, 5.74) is 15.2. The van der Waals surface area contributed by atoms with Gasteiger partial charge in [0.25, 0.3) is 5.91 Å². The number of aryl methyl sites for hydroxylation is 1. The zero-order valence-electron chi connectivity index (χ0n) is 15.2. The van der Waals surface area contributed by atoms with Crippen LogP contribution in [-0.2, 0) is 0 Å². The first-order valence-corrected chi connectivity index (χ1v) is 8.29. The van der Waals surface area contributed by atoms with Gasteiger partial charge in [0.15, 0.2) is 5.76 Å². The molecule has 2 heterocycles. The van der Waals surface area contributed by atoms with Gasteiger partial charge in [-0.1, -0.05) is 19.9 Å². The fraction of sp³-hybridized carbons (Fsp3) is 0.263. The molecule has 136 valence electrons. The second-order valence-electron chi connectivity index (χ2n) is 6.66. The molecule has 5 N–H and O–H groups in total. The van der Waals surface area contributed by atoms with Crippen LogP contribution >= 0.6 is 0 Å². The molecule has 0 atom stereocenters. The Morgan fingerprint density at radius 3 is 2.58 bits per heavy atom. The van der Waals surface area contributed by atoms with Crippen molar-refractivity contribution in [2.45, 2.75) is 33.6 Å². The number of aromatic hydroxyl groups is 1. The van der Waals surface area contributed by atoms with Crippen molar-refractivity contribution in [2.75, 3.05) is 5.73 Å². The Morgan fingerprint density at radius 1 is 1.31 bits per heavy atom. The summed E-state index contributed by atoms with van der Waals surface area (Å²) in [7, 11) is 0. The number of primary amides is 1. The molecule has 2 aromatic heterocycles. The summed E-state index contributed by atoms with van der Waals surface area (Å²) in [6.07, 6.45) is 1.63. The molecule has 0 aliphatic carbocycles. The zero-order valence-corrected chi connectivity index (χ0v) is 15.2. The molecule has 0 fully saturated rings. The Hall–Kier alpha value is -3.22. The highest BCUT2D eigenvalue weighted by atomic mass is 16.3. The van der Waals surface area contributed by atoms with Gasteiger partial charge >= 0.3 is 0 Å². The topological polar surface area (TPSA) is 120 Å². The van der Waals surface area contributed by atoms with Crippen molar-refractivity contribution in [3.8, 4) is 22.9 Å². The minimum atomic E-state index is -0.693. The Labute approximate surface area is 151 Å². The van der Waals surface area contributed by atoms with E-state index >= 15 is 0 Å². The van der Waals surface area contributed by atoms with Crippen molar-refractivity contribution >= 4 is 11.7 Å². The summed E-state index contributed by atoms with van der Waals surface area (Å²) in [5, 5.41) is 14.5.